The van der Waals surface area contributed by atoms with Gasteiger partial charge in [-0.2, -0.15) is 0 Å². The molecular formula is C16H24N6O3. The third kappa shape index (κ3) is 3.81. The lowest BCUT2D eigenvalue weighted by molar-refractivity contribution is -0.133. The number of amides is 2. The van der Waals surface area contributed by atoms with E-state index in [1.807, 2.05) is 13.8 Å². The Morgan fingerprint density at radius 2 is 2.20 bits per heavy atom. The fraction of sp³-hybridized carbons (Fsp3) is 0.625. The molecule has 1 aromatic rings. The normalized spacial score (nSPS) is 21.0. The van der Waals surface area contributed by atoms with E-state index in [2.05, 4.69) is 25.9 Å². The lowest BCUT2D eigenvalue weighted by Gasteiger charge is -2.30. The van der Waals surface area contributed by atoms with E-state index in [9.17, 15) is 9.59 Å². The summed E-state index contributed by atoms with van der Waals surface area (Å²) in [5, 5.41) is 9.05. The van der Waals surface area contributed by atoms with Gasteiger partial charge in [-0.05, 0) is 5.92 Å². The van der Waals surface area contributed by atoms with Crippen molar-refractivity contribution >= 4 is 29.1 Å². The van der Waals surface area contributed by atoms with Crippen LogP contribution in [0.5, 0.6) is 0 Å². The van der Waals surface area contributed by atoms with Crippen LogP contribution in [0.2, 0.25) is 0 Å². The van der Waals surface area contributed by atoms with Crippen molar-refractivity contribution in [2.24, 2.45) is 5.92 Å². The van der Waals surface area contributed by atoms with Crippen LogP contribution in [-0.4, -0.2) is 65.6 Å². The Balaban J connectivity index is 1.68. The average molecular weight is 348 g/mol. The maximum atomic E-state index is 12.3. The third-order valence-electron chi connectivity index (χ3n) is 4.65. The minimum atomic E-state index is -0.324. The highest BCUT2D eigenvalue weighted by Crippen LogP contribution is 2.32. The molecule has 0 radical (unpaired) electrons. The summed E-state index contributed by atoms with van der Waals surface area (Å²) in [5.74, 6) is 1.06. The first-order chi connectivity index (χ1) is 12.1. The number of anilines is 3. The van der Waals surface area contributed by atoms with Crippen LogP contribution in [0.1, 0.15) is 20.3 Å². The average Bonchev–Trinajstić information content (AvgIpc) is 2.65. The number of nitrogens with one attached hydrogen (secondary N) is 3. The van der Waals surface area contributed by atoms with E-state index >= 15 is 0 Å². The van der Waals surface area contributed by atoms with Crippen molar-refractivity contribution < 1.29 is 14.3 Å². The van der Waals surface area contributed by atoms with Crippen LogP contribution in [0.25, 0.3) is 0 Å². The second-order valence-electron chi connectivity index (χ2n) is 6.29. The number of carbonyl (C=O) groups is 2. The highest BCUT2D eigenvalue weighted by molar-refractivity contribution is 6.05. The molecule has 2 amide bonds. The largest absolute Gasteiger partial charge is 0.378 e. The summed E-state index contributed by atoms with van der Waals surface area (Å²) < 4.78 is 5.25. The first-order valence-corrected chi connectivity index (χ1v) is 8.62. The zero-order valence-corrected chi connectivity index (χ0v) is 14.5. The molecule has 2 aliphatic heterocycles. The Bertz CT molecular complexity index is 647. The number of fused-ring (bicyclic) bond motifs is 1. The highest BCUT2D eigenvalue weighted by Gasteiger charge is 2.31. The van der Waals surface area contributed by atoms with Gasteiger partial charge in [-0.15, -0.1) is 0 Å². The van der Waals surface area contributed by atoms with E-state index in [0.717, 1.165) is 6.42 Å². The molecule has 9 heteroatoms. The first kappa shape index (κ1) is 17.4. The van der Waals surface area contributed by atoms with Gasteiger partial charge >= 0.3 is 0 Å². The SMILES string of the molecule is CCC(C)C1Nc2ncnc(NCC(=O)N3CCOCC3)c2NC1=O. The van der Waals surface area contributed by atoms with Gasteiger partial charge < -0.3 is 25.6 Å². The Labute approximate surface area is 146 Å². The van der Waals surface area contributed by atoms with Crippen molar-refractivity contribution in [3.05, 3.63) is 6.33 Å². The Morgan fingerprint density at radius 3 is 2.92 bits per heavy atom. The maximum absolute atomic E-state index is 12.3. The number of nitrogens with zero attached hydrogens (tertiary/aromatic N) is 3. The fourth-order valence-corrected chi connectivity index (χ4v) is 2.88. The number of ether oxygens (including phenoxy) is 1. The van der Waals surface area contributed by atoms with E-state index < -0.39 is 0 Å². The lowest BCUT2D eigenvalue weighted by atomic mass is 9.97. The van der Waals surface area contributed by atoms with Crippen LogP contribution < -0.4 is 16.0 Å². The zero-order valence-electron chi connectivity index (χ0n) is 14.5. The summed E-state index contributed by atoms with van der Waals surface area (Å²) in [6.07, 6.45) is 2.29. The molecule has 1 saturated heterocycles. The van der Waals surface area contributed by atoms with Gasteiger partial charge in [0.1, 0.15) is 18.1 Å². The van der Waals surface area contributed by atoms with Crippen LogP contribution in [0.4, 0.5) is 17.3 Å². The van der Waals surface area contributed by atoms with Crippen molar-refractivity contribution in [2.45, 2.75) is 26.3 Å². The molecule has 2 unspecified atom stereocenters. The van der Waals surface area contributed by atoms with Gasteiger partial charge in [-0.3, -0.25) is 9.59 Å². The highest BCUT2D eigenvalue weighted by atomic mass is 16.5. The molecule has 3 heterocycles. The number of carbonyl (C=O) groups excluding carboxylic acids is 2. The van der Waals surface area contributed by atoms with Gasteiger partial charge in [0.25, 0.3) is 0 Å². The number of hydrogen-bond donors (Lipinski definition) is 3. The van der Waals surface area contributed by atoms with E-state index in [0.29, 0.717) is 43.6 Å². The molecule has 0 saturated carbocycles. The first-order valence-electron chi connectivity index (χ1n) is 8.62. The number of hydrogen-bond acceptors (Lipinski definition) is 7. The van der Waals surface area contributed by atoms with Crippen molar-refractivity contribution in [1.82, 2.24) is 14.9 Å². The van der Waals surface area contributed by atoms with E-state index in [1.165, 1.54) is 6.33 Å². The minimum absolute atomic E-state index is 0.0248. The summed E-state index contributed by atoms with van der Waals surface area (Å²) in [5.41, 5.74) is 0.488. The Hall–Kier alpha value is -2.42. The molecule has 2 atom stereocenters. The quantitative estimate of drug-likeness (QED) is 0.712. The van der Waals surface area contributed by atoms with E-state index in [1.54, 1.807) is 4.90 Å². The molecule has 9 nitrogen and oxygen atoms in total. The van der Waals surface area contributed by atoms with Crippen molar-refractivity contribution in [3.8, 4) is 0 Å². The van der Waals surface area contributed by atoms with Gasteiger partial charge in [-0.25, -0.2) is 9.97 Å². The lowest BCUT2D eigenvalue weighted by Crippen LogP contribution is -2.44. The molecule has 3 N–H and O–H groups in total. The molecule has 2 aliphatic rings. The molecule has 1 aromatic heterocycles. The van der Waals surface area contributed by atoms with Gasteiger partial charge in [0.15, 0.2) is 11.6 Å². The second kappa shape index (κ2) is 7.64. The molecule has 0 aromatic carbocycles. The van der Waals surface area contributed by atoms with Crippen LogP contribution in [-0.2, 0) is 14.3 Å². The van der Waals surface area contributed by atoms with Crippen LogP contribution in [0.3, 0.4) is 0 Å². The summed E-state index contributed by atoms with van der Waals surface area (Å²) in [6.45, 7) is 6.48. The van der Waals surface area contributed by atoms with Crippen molar-refractivity contribution in [3.63, 3.8) is 0 Å². The molecule has 136 valence electrons. The molecule has 3 rings (SSSR count). The molecule has 25 heavy (non-hydrogen) atoms. The van der Waals surface area contributed by atoms with E-state index in [-0.39, 0.29) is 30.3 Å². The van der Waals surface area contributed by atoms with Gasteiger partial charge in [-0.1, -0.05) is 20.3 Å². The molecule has 0 aliphatic carbocycles. The summed E-state index contributed by atoms with van der Waals surface area (Å²) >= 11 is 0. The predicted octanol–water partition coefficient (Wildman–Crippen LogP) is 0.526. The molecule has 1 fully saturated rings. The van der Waals surface area contributed by atoms with Crippen molar-refractivity contribution in [2.75, 3.05) is 48.8 Å². The maximum Gasteiger partial charge on any atom is 0.247 e. The number of morpholine rings is 1. The minimum Gasteiger partial charge on any atom is -0.378 e. The summed E-state index contributed by atoms with van der Waals surface area (Å²) in [7, 11) is 0. The van der Waals surface area contributed by atoms with Crippen LogP contribution in [0.15, 0.2) is 6.33 Å². The van der Waals surface area contributed by atoms with Gasteiger partial charge in [0, 0.05) is 13.1 Å². The molecule has 0 spiro atoms. The van der Waals surface area contributed by atoms with Crippen LogP contribution >= 0.6 is 0 Å². The smallest absolute Gasteiger partial charge is 0.247 e. The Morgan fingerprint density at radius 1 is 1.44 bits per heavy atom. The summed E-state index contributed by atoms with van der Waals surface area (Å²) in [6, 6.07) is -0.324. The standard InChI is InChI=1S/C16H24N6O3/c1-3-10(2)12-16(24)21-13-14(18-9-19-15(13)20-12)17-8-11(23)22-4-6-25-7-5-22/h9-10,12H,3-8H2,1-2H3,(H,21,24)(H2,17,18,19,20). The second-order valence-corrected chi connectivity index (χ2v) is 6.29. The van der Waals surface area contributed by atoms with Crippen molar-refractivity contribution in [1.29, 1.82) is 0 Å². The number of aromatic nitrogens is 2. The predicted molar refractivity (Wildman–Crippen MR) is 93.4 cm³/mol. The van der Waals surface area contributed by atoms with E-state index in [4.69, 9.17) is 4.74 Å². The van der Waals surface area contributed by atoms with Gasteiger partial charge in [0.05, 0.1) is 19.8 Å². The Kier molecular flexibility index (Phi) is 5.32. The topological polar surface area (TPSA) is 108 Å². The molecular weight excluding hydrogens is 324 g/mol. The van der Waals surface area contributed by atoms with Gasteiger partial charge in [0.2, 0.25) is 11.8 Å². The number of rotatable bonds is 5. The monoisotopic (exact) mass is 348 g/mol. The van der Waals surface area contributed by atoms with Crippen LogP contribution in [0, 0.1) is 5.92 Å². The summed E-state index contributed by atoms with van der Waals surface area (Å²) in [4.78, 5) is 34.7. The zero-order chi connectivity index (χ0) is 17.8. The third-order valence-corrected chi connectivity index (χ3v) is 4.65. The molecule has 0 bridgehead atoms. The fourth-order valence-electron chi connectivity index (χ4n) is 2.88.